The first kappa shape index (κ1) is 19.9. The Labute approximate surface area is 172 Å². The fourth-order valence-corrected chi connectivity index (χ4v) is 2.46. The number of nitrogens with zero attached hydrogens (tertiary/aromatic N) is 5. The van der Waals surface area contributed by atoms with Crippen LogP contribution in [0.5, 0.6) is 5.75 Å². The zero-order valence-electron chi connectivity index (χ0n) is 14.7. The summed E-state index contributed by atoms with van der Waals surface area (Å²) in [5.41, 5.74) is 12.4. The molecule has 0 aliphatic carbocycles. The van der Waals surface area contributed by atoms with Gasteiger partial charge in [0, 0.05) is 22.2 Å². The van der Waals surface area contributed by atoms with E-state index in [1.54, 1.807) is 0 Å². The van der Waals surface area contributed by atoms with E-state index in [2.05, 4.69) is 41.1 Å². The lowest BCUT2D eigenvalue weighted by Crippen LogP contribution is -2.15. The predicted octanol–water partition coefficient (Wildman–Crippen LogP) is 2.64. The van der Waals surface area contributed by atoms with Crippen LogP contribution in [0.2, 0.25) is 0 Å². The molecule has 0 saturated heterocycles. The van der Waals surface area contributed by atoms with Gasteiger partial charge in [-0.1, -0.05) is 28.1 Å². The second-order valence-corrected chi connectivity index (χ2v) is 6.54. The molecule has 148 valence electrons. The number of rotatable bonds is 7. The van der Waals surface area contributed by atoms with Crippen LogP contribution in [0, 0.1) is 10.1 Å². The number of nitrogen functional groups attached to an aromatic ring is 1. The molecule has 1 heterocycles. The van der Waals surface area contributed by atoms with Crippen molar-refractivity contribution in [1.82, 2.24) is 10.3 Å². The van der Waals surface area contributed by atoms with Gasteiger partial charge in [-0.3, -0.25) is 10.1 Å². The lowest BCUT2D eigenvalue weighted by atomic mass is 10.2. The molecule has 0 bridgehead atoms. The molecule has 1 aromatic heterocycles. The zero-order valence-corrected chi connectivity index (χ0v) is 16.3. The summed E-state index contributed by atoms with van der Waals surface area (Å²) in [6, 6.07) is 11.7. The third kappa shape index (κ3) is 5.13. The van der Waals surface area contributed by atoms with Crippen LogP contribution in [0.4, 0.5) is 11.5 Å². The van der Waals surface area contributed by atoms with Crippen molar-refractivity contribution < 1.29 is 14.3 Å². The third-order valence-corrected chi connectivity index (χ3v) is 4.16. The van der Waals surface area contributed by atoms with Crippen LogP contribution in [0.1, 0.15) is 16.8 Å². The maximum absolute atomic E-state index is 11.1. The number of anilines is 1. The van der Waals surface area contributed by atoms with Gasteiger partial charge in [-0.15, -0.1) is 5.10 Å². The Morgan fingerprint density at radius 2 is 2.03 bits per heavy atom. The van der Waals surface area contributed by atoms with Crippen molar-refractivity contribution >= 4 is 39.5 Å². The van der Waals surface area contributed by atoms with Crippen LogP contribution in [-0.2, 0) is 6.61 Å². The number of aromatic nitrogens is 2. The summed E-state index contributed by atoms with van der Waals surface area (Å²) < 4.78 is 11.2. The molecule has 0 radical (unpaired) electrons. The fraction of sp³-hybridized carbons (Fsp3) is 0.0588. The van der Waals surface area contributed by atoms with Gasteiger partial charge in [-0.2, -0.15) is 5.10 Å². The average Bonchev–Trinajstić information content (AvgIpc) is 3.14. The number of hydrogen-bond acceptors (Lipinski definition) is 9. The molecule has 0 aliphatic heterocycles. The van der Waals surface area contributed by atoms with Crippen LogP contribution < -0.4 is 16.2 Å². The lowest BCUT2D eigenvalue weighted by Gasteiger charge is -2.09. The van der Waals surface area contributed by atoms with Gasteiger partial charge >= 0.3 is 0 Å². The Kier molecular flexibility index (Phi) is 6.14. The minimum atomic E-state index is -0.519. The van der Waals surface area contributed by atoms with Gasteiger partial charge in [0.25, 0.3) is 5.69 Å². The molecule has 0 atom stereocenters. The Bertz CT molecular complexity index is 1080. The largest absolute Gasteiger partial charge is 0.488 e. The number of halogens is 1. The summed E-state index contributed by atoms with van der Waals surface area (Å²) >= 11 is 3.37. The Morgan fingerprint density at radius 1 is 1.28 bits per heavy atom. The van der Waals surface area contributed by atoms with E-state index in [-0.39, 0.29) is 29.6 Å². The normalized spacial score (nSPS) is 11.7. The topological polar surface area (TPSA) is 168 Å². The molecule has 0 amide bonds. The maximum Gasteiger partial charge on any atom is 0.270 e. The number of nitro groups is 1. The smallest absolute Gasteiger partial charge is 0.270 e. The first-order chi connectivity index (χ1) is 13.9. The number of hydrogen-bond donors (Lipinski definition) is 2. The number of amidine groups is 1. The molecule has 3 rings (SSSR count). The fourth-order valence-electron chi connectivity index (χ4n) is 2.20. The number of nitrogens with two attached hydrogens (primary N) is 2. The first-order valence-corrected chi connectivity index (χ1v) is 8.84. The summed E-state index contributed by atoms with van der Waals surface area (Å²) in [6.45, 7) is 0.262. The molecule has 11 nitrogen and oxygen atoms in total. The van der Waals surface area contributed by atoms with Crippen molar-refractivity contribution in [2.24, 2.45) is 15.9 Å². The van der Waals surface area contributed by atoms with Crippen LogP contribution in [0.25, 0.3) is 0 Å². The highest BCUT2D eigenvalue weighted by atomic mass is 79.9. The third-order valence-electron chi connectivity index (χ3n) is 3.63. The minimum Gasteiger partial charge on any atom is -0.488 e. The van der Waals surface area contributed by atoms with Crippen molar-refractivity contribution in [2.45, 2.75) is 6.61 Å². The van der Waals surface area contributed by atoms with E-state index in [1.807, 2.05) is 24.3 Å². The molecule has 3 aromatic rings. The van der Waals surface area contributed by atoms with E-state index in [4.69, 9.17) is 16.2 Å². The molecular weight excluding hydrogens is 446 g/mol. The van der Waals surface area contributed by atoms with Crippen molar-refractivity contribution in [3.63, 3.8) is 0 Å². The van der Waals surface area contributed by atoms with Gasteiger partial charge < -0.3 is 16.2 Å². The van der Waals surface area contributed by atoms with Gasteiger partial charge in [-0.25, -0.2) is 4.63 Å². The molecule has 0 aliphatic rings. The van der Waals surface area contributed by atoms with Crippen LogP contribution in [0.3, 0.4) is 0 Å². The molecule has 12 heteroatoms. The van der Waals surface area contributed by atoms with Crippen LogP contribution in [0.15, 0.2) is 61.8 Å². The number of ether oxygens (including phenoxy) is 1. The molecule has 4 N–H and O–H groups in total. The van der Waals surface area contributed by atoms with Gasteiger partial charge in [0.05, 0.1) is 11.1 Å². The summed E-state index contributed by atoms with van der Waals surface area (Å²) in [5, 5.41) is 25.6. The van der Waals surface area contributed by atoms with Crippen molar-refractivity contribution in [1.29, 1.82) is 0 Å². The Hall–Kier alpha value is -3.80. The maximum atomic E-state index is 11.1. The summed E-state index contributed by atoms with van der Waals surface area (Å²) in [6.07, 6.45) is 1.28. The standard InChI is InChI=1S/C17H14BrN7O4/c18-12-3-1-10(2-4-12)9-28-14-6-5-13(25(26)27)7-11(14)8-21-22-16(19)15-17(20)24-29-23-15/h1-8H,9H2,(H2,19,22)(H2,20,24)/b21-8+. The SMILES string of the molecule is N/C(=N\N=C\c1cc([N+](=O)[O-])ccc1OCc1ccc(Br)cc1)c1nonc1N. The van der Waals surface area contributed by atoms with Crippen molar-refractivity contribution in [3.05, 3.63) is 73.9 Å². The van der Waals surface area contributed by atoms with Crippen LogP contribution >= 0.6 is 15.9 Å². The van der Waals surface area contributed by atoms with E-state index in [9.17, 15) is 10.1 Å². The highest BCUT2D eigenvalue weighted by Crippen LogP contribution is 2.24. The first-order valence-electron chi connectivity index (χ1n) is 8.04. The van der Waals surface area contributed by atoms with Crippen LogP contribution in [-0.4, -0.2) is 27.3 Å². The van der Waals surface area contributed by atoms with Gasteiger partial charge in [0.2, 0.25) is 0 Å². The Morgan fingerprint density at radius 3 is 2.69 bits per heavy atom. The Balaban J connectivity index is 1.82. The number of non-ortho nitro benzene ring substituents is 1. The second kappa shape index (κ2) is 8.93. The molecule has 2 aromatic carbocycles. The minimum absolute atomic E-state index is 0.0321. The predicted molar refractivity (Wildman–Crippen MR) is 109 cm³/mol. The second-order valence-electron chi connectivity index (χ2n) is 5.62. The van der Waals surface area contributed by atoms with Gasteiger partial charge in [-0.05, 0) is 34.1 Å². The van der Waals surface area contributed by atoms with Crippen molar-refractivity contribution in [3.8, 4) is 5.75 Å². The van der Waals surface area contributed by atoms with Gasteiger partial charge in [0.15, 0.2) is 17.3 Å². The monoisotopic (exact) mass is 459 g/mol. The van der Waals surface area contributed by atoms with E-state index in [0.29, 0.717) is 11.3 Å². The highest BCUT2D eigenvalue weighted by molar-refractivity contribution is 9.10. The van der Waals surface area contributed by atoms with Crippen molar-refractivity contribution in [2.75, 3.05) is 5.73 Å². The van der Waals surface area contributed by atoms with E-state index in [0.717, 1.165) is 10.0 Å². The average molecular weight is 460 g/mol. The summed E-state index contributed by atoms with van der Waals surface area (Å²) in [5.74, 6) is 0.233. The molecular formula is C17H14BrN7O4. The highest BCUT2D eigenvalue weighted by Gasteiger charge is 2.12. The quantitative estimate of drug-likeness (QED) is 0.235. The van der Waals surface area contributed by atoms with Gasteiger partial charge in [0.1, 0.15) is 12.4 Å². The summed E-state index contributed by atoms with van der Waals surface area (Å²) in [7, 11) is 0. The lowest BCUT2D eigenvalue weighted by molar-refractivity contribution is -0.384. The number of nitro benzene ring substituents is 1. The van der Waals surface area contributed by atoms with E-state index < -0.39 is 4.92 Å². The molecule has 0 saturated carbocycles. The molecule has 0 fully saturated rings. The number of benzene rings is 2. The van der Waals surface area contributed by atoms with E-state index >= 15 is 0 Å². The molecule has 0 unspecified atom stereocenters. The zero-order chi connectivity index (χ0) is 20.8. The van der Waals surface area contributed by atoms with E-state index in [1.165, 1.54) is 24.4 Å². The molecule has 29 heavy (non-hydrogen) atoms. The summed E-state index contributed by atoms with van der Waals surface area (Å²) in [4.78, 5) is 10.6. The molecule has 0 spiro atoms.